The summed E-state index contributed by atoms with van der Waals surface area (Å²) in [7, 11) is 6.82. The number of nitrogens with two attached hydrogens (primary N) is 1. The Balaban J connectivity index is 0.717. The highest BCUT2D eigenvalue weighted by molar-refractivity contribution is 14.1. The number of benzene rings is 2. The standard InChI is InChI=1S/C100H139IN8O31S3/c1-55(2)83(107-74(115)27-19-17-21-41-109-75(116)32-33-76(109)117)69(111)49-64(25-22-38-104-97(102)124)93(122)106-66-30-28-63(29-31-66)53-133-98(125)105-40-24-43-131-45-44-130-42-23-39-103-73(114)34-37-99(10,11)143-141-46-35-68-81-67(50-77(118)127-12)71(113)52-100(68,126)36-20-16-15-18-26-72(81)137-96-91(138-78-47-56(3)65(54-132-78)48-57(4)110)86(120)84(60(7)135-96)108-140-79-51-70(112)92(62(9)134-79)142-94(123)80-58(5)82(101)89(59(6)88(80)128-13)139-95-87(121)90(129-14)85(119)61(8)136-95/h15-16,28-33,35,55-56,60-62,64-65,70,72,78-79,83-87,90-92,95-96,108,112,119-121,126H,17,19,21-25,27,34,37-54H2,1-14H3,(H,103,114)(H,105,125)(H,106,122)(H,107,115)(H3,102,104,124)/b16-15-,68-35-/t56?,60?,61?,62?,64-,65?,70?,72+,78?,79?,83+,84?,85?,86?,87?,90?,91?,92?,95?,96?,100+/m1/s1. The van der Waals surface area contributed by atoms with Gasteiger partial charge in [0.2, 0.25) is 29.1 Å². The summed E-state index contributed by atoms with van der Waals surface area (Å²) >= 11 is 2.89. The van der Waals surface area contributed by atoms with Gasteiger partial charge < -0.3 is 124 Å². The summed E-state index contributed by atoms with van der Waals surface area (Å²) in [6, 6.07) is 3.85. The summed E-state index contributed by atoms with van der Waals surface area (Å²) < 4.78 is 78.3. The molecule has 143 heavy (non-hydrogen) atoms. The third kappa shape index (κ3) is 35.1. The van der Waals surface area contributed by atoms with Crippen LogP contribution in [0.1, 0.15) is 192 Å². The number of nitrogens with zero attached hydrogens (tertiary/aromatic N) is 1. The van der Waals surface area contributed by atoms with Gasteiger partial charge in [0, 0.05) is 142 Å². The molecule has 0 aromatic heterocycles. The van der Waals surface area contributed by atoms with Gasteiger partial charge in [0.05, 0.1) is 97.8 Å². The van der Waals surface area contributed by atoms with E-state index in [4.69, 9.17) is 72.2 Å². The first-order valence-corrected chi connectivity index (χ1v) is 52.5. The number of unbranched alkanes of at least 4 members (excludes halogenated alkanes) is 2. The number of fused-ring (bicyclic) bond motifs is 2. The normalized spacial score (nSPS) is 26.8. The van der Waals surface area contributed by atoms with Crippen molar-refractivity contribution >= 4 is 132 Å². The number of aliphatic hydroxyl groups excluding tert-OH is 4. The minimum atomic E-state index is -2.17. The fourth-order valence-electron chi connectivity index (χ4n) is 17.3. The Morgan fingerprint density at radius 3 is 2.10 bits per heavy atom. The summed E-state index contributed by atoms with van der Waals surface area (Å²) in [6.07, 6.45) is -7.62. The van der Waals surface area contributed by atoms with Gasteiger partial charge in [-0.1, -0.05) is 102 Å². The summed E-state index contributed by atoms with van der Waals surface area (Å²) in [6.45, 7) is 21.7. The summed E-state index contributed by atoms with van der Waals surface area (Å²) in [5, 5.41) is 71.7. The number of hydrogen-bond acceptors (Lipinski definition) is 35. The lowest BCUT2D eigenvalue weighted by molar-refractivity contribution is -0.335. The number of methoxy groups -OCH3 is 3. The molecule has 39 nitrogen and oxygen atoms in total. The number of primary amides is 1. The SMILES string of the molecule is COC(=O)CC1=C2/C(=C/CSSC(C)(C)CCC(=O)NCCCOCCOCCCNC(=O)OCc3ccc(NC(=O)[C@H](CCCNC(N)=O)CC(=O)[C@@H](NC(=O)CCCCCN4C(=O)C=CC4=O)C(C)C)cc3)[C@](O)(C#C/C=C\C#C[C@@H]2OC2OC(C)C(NOC3CC(O)C(SC(=O)c4c(C)c(I)c(OC5OC(C)C(O)C(OC)C5O)c(C)c4OC)C(C)O3)C(O)C2OC2CC(C)C(CC(C)=O)CO2)CC1=O. The molecule has 13 N–H and O–H groups in total. The zero-order valence-electron chi connectivity index (χ0n) is 83.4. The predicted molar refractivity (Wildman–Crippen MR) is 537 cm³/mol. The van der Waals surface area contributed by atoms with Crippen LogP contribution in [0.2, 0.25) is 0 Å². The van der Waals surface area contributed by atoms with Crippen LogP contribution in [-0.2, 0) is 107 Å². The highest BCUT2D eigenvalue weighted by atomic mass is 127. The van der Waals surface area contributed by atoms with Crippen molar-refractivity contribution < 1.29 is 149 Å². The van der Waals surface area contributed by atoms with Crippen LogP contribution in [0.3, 0.4) is 0 Å². The van der Waals surface area contributed by atoms with Gasteiger partial charge in [-0.3, -0.25) is 52.9 Å². The van der Waals surface area contributed by atoms with Crippen molar-refractivity contribution in [1.29, 1.82) is 0 Å². The number of allylic oxidation sites excluding steroid dienone is 2. The smallest absolute Gasteiger partial charge is 0.407 e. The minimum Gasteiger partial charge on any atom is -0.496 e. The molecule has 9 rings (SSSR count). The van der Waals surface area contributed by atoms with Crippen LogP contribution < -0.4 is 47.3 Å². The molecule has 2 aliphatic carbocycles. The lowest BCUT2D eigenvalue weighted by atomic mass is 9.72. The number of carbonyl (C=O) groups excluding carboxylic acids is 12. The van der Waals surface area contributed by atoms with E-state index < -0.39 is 168 Å². The van der Waals surface area contributed by atoms with Crippen LogP contribution >= 0.6 is 55.9 Å². The molecule has 5 heterocycles. The van der Waals surface area contributed by atoms with Gasteiger partial charge in [0.25, 0.3) is 11.8 Å². The third-order valence-electron chi connectivity index (χ3n) is 25.4. The van der Waals surface area contributed by atoms with Crippen LogP contribution in [0, 0.1) is 64.8 Å². The van der Waals surface area contributed by atoms with Crippen LogP contribution in [0.4, 0.5) is 15.3 Å². The molecule has 790 valence electrons. The van der Waals surface area contributed by atoms with Crippen molar-refractivity contribution in [1.82, 2.24) is 31.6 Å². The van der Waals surface area contributed by atoms with Crippen molar-refractivity contribution in [3.8, 4) is 35.2 Å². The van der Waals surface area contributed by atoms with Crippen LogP contribution in [0.5, 0.6) is 11.5 Å². The number of aliphatic hydroxyl groups is 5. The number of amides is 8. The number of urea groups is 1. The van der Waals surface area contributed by atoms with Gasteiger partial charge in [-0.2, -0.15) is 5.48 Å². The molecule has 0 radical (unpaired) electrons. The summed E-state index contributed by atoms with van der Waals surface area (Å²) in [4.78, 5) is 164. The molecule has 0 saturated carbocycles. The molecule has 2 bridgehead atoms. The molecule has 2 aromatic carbocycles. The number of Topliss-reactive ketones (excluding diaryl/α,β-unsaturated/α-hetero) is 3. The van der Waals surface area contributed by atoms with Crippen LogP contribution in [0.25, 0.3) is 0 Å². The first-order chi connectivity index (χ1) is 68.0. The highest BCUT2D eigenvalue weighted by Gasteiger charge is 2.53. The van der Waals surface area contributed by atoms with E-state index in [0.29, 0.717) is 104 Å². The van der Waals surface area contributed by atoms with Crippen molar-refractivity contribution in [3.63, 3.8) is 0 Å². The maximum atomic E-state index is 14.6. The van der Waals surface area contributed by atoms with Crippen molar-refractivity contribution in [2.24, 2.45) is 29.4 Å². The number of esters is 1. The number of ketones is 3. The first-order valence-electron chi connectivity index (χ1n) is 48.2. The second-order valence-electron chi connectivity index (χ2n) is 37.2. The molecule has 7 aliphatic rings. The average Bonchev–Trinajstić information content (AvgIpc) is 1.40. The van der Waals surface area contributed by atoms with Gasteiger partial charge in [0.1, 0.15) is 60.5 Å². The Labute approximate surface area is 860 Å². The number of nitrogens with one attached hydrogen (secondary N) is 6. The second-order valence-corrected chi connectivity index (χ2v) is 42.5. The summed E-state index contributed by atoms with van der Waals surface area (Å²) in [5.41, 5.74) is 8.18. The van der Waals surface area contributed by atoms with Gasteiger partial charge in [-0.05, 0) is 176 Å². The number of ether oxygens (including phenoxy) is 13. The van der Waals surface area contributed by atoms with Crippen molar-refractivity contribution in [2.75, 3.05) is 91.6 Å². The summed E-state index contributed by atoms with van der Waals surface area (Å²) in [5.74, 6) is 7.47. The molecule has 8 amide bonds. The van der Waals surface area contributed by atoms with Gasteiger partial charge in [-0.15, -0.1) is 0 Å². The number of imide groups is 1. The van der Waals surface area contributed by atoms with Crippen molar-refractivity contribution in [2.45, 2.75) is 299 Å². The Hall–Kier alpha value is -8.50. The van der Waals surface area contributed by atoms with E-state index in [9.17, 15) is 83.1 Å². The molecular weight excluding hydrogens is 2030 g/mol. The molecule has 21 atom stereocenters. The Bertz CT molecular complexity index is 4970. The molecule has 4 fully saturated rings. The van der Waals surface area contributed by atoms with Gasteiger partial charge >= 0.3 is 18.1 Å². The topological polar surface area (TPSA) is 537 Å². The number of anilines is 1. The maximum Gasteiger partial charge on any atom is 0.407 e. The third-order valence-corrected chi connectivity index (χ3v) is 31.2. The molecule has 2 aromatic rings. The molecule has 5 aliphatic heterocycles. The minimum absolute atomic E-state index is 0.00523. The number of thioether (sulfide) groups is 1. The molecule has 43 heteroatoms. The Morgan fingerprint density at radius 1 is 0.755 bits per heavy atom. The zero-order valence-corrected chi connectivity index (χ0v) is 88.0. The van der Waals surface area contributed by atoms with E-state index in [-0.39, 0.29) is 170 Å². The quantitative estimate of drug-likeness (QED) is 0.00573. The van der Waals surface area contributed by atoms with Gasteiger partial charge in [-0.25, -0.2) is 9.59 Å². The number of hydrogen-bond donors (Lipinski definition) is 12. The Morgan fingerprint density at radius 2 is 1.44 bits per heavy atom. The fourth-order valence-corrected chi connectivity index (χ4v) is 21.6. The van der Waals surface area contributed by atoms with E-state index in [1.54, 1.807) is 78.8 Å². The molecule has 0 spiro atoms. The van der Waals surface area contributed by atoms with E-state index in [1.165, 1.54) is 74.1 Å². The molecule has 17 unspecified atom stereocenters. The van der Waals surface area contributed by atoms with E-state index >= 15 is 0 Å². The highest BCUT2D eigenvalue weighted by Crippen LogP contribution is 2.47. The lowest BCUT2D eigenvalue weighted by Gasteiger charge is -2.46. The second kappa shape index (κ2) is 57.7. The number of halogens is 1. The fraction of sp³-hybridized carbons (Fsp3) is 0.640. The lowest BCUT2D eigenvalue weighted by Crippen LogP contribution is -2.64. The Kier molecular flexibility index (Phi) is 47.7. The van der Waals surface area contributed by atoms with E-state index in [0.717, 1.165) is 16.7 Å². The average molecular weight is 2170 g/mol. The van der Waals surface area contributed by atoms with Crippen molar-refractivity contribution in [3.05, 3.63) is 97.2 Å². The largest absolute Gasteiger partial charge is 0.496 e. The van der Waals surface area contributed by atoms with Crippen LogP contribution in [-0.4, -0.2) is 301 Å². The van der Waals surface area contributed by atoms with E-state index in [2.05, 4.69) is 55.7 Å². The number of carbonyl (C=O) groups is 12. The number of hydroxylamine groups is 1. The van der Waals surface area contributed by atoms with Crippen LogP contribution in [0.15, 0.2) is 71.4 Å². The zero-order chi connectivity index (χ0) is 105. The number of alkyl carbamates (subject to hydrolysis) is 1. The number of rotatable bonds is 54. The monoisotopic (exact) mass is 2170 g/mol. The molecule has 4 saturated heterocycles. The van der Waals surface area contributed by atoms with E-state index in [1.807, 2.05) is 43.4 Å². The first kappa shape index (κ1) is 118. The predicted octanol–water partition coefficient (Wildman–Crippen LogP) is 7.71. The maximum absolute atomic E-state index is 14.6. The van der Waals surface area contributed by atoms with Gasteiger partial charge in [0.15, 0.2) is 36.0 Å². The molecular formula is C100H139IN8O31S3.